The summed E-state index contributed by atoms with van der Waals surface area (Å²) in [6.07, 6.45) is 8.36. The van der Waals surface area contributed by atoms with Crippen molar-refractivity contribution in [1.29, 1.82) is 5.26 Å². The molecule has 1 aromatic rings. The summed E-state index contributed by atoms with van der Waals surface area (Å²) in [5.41, 5.74) is 2.69. The van der Waals surface area contributed by atoms with Gasteiger partial charge in [0.2, 0.25) is 11.8 Å². The van der Waals surface area contributed by atoms with Gasteiger partial charge in [0.05, 0.1) is 11.5 Å². The third-order valence-electron chi connectivity index (χ3n) is 8.30. The zero-order valence-corrected chi connectivity index (χ0v) is 19.2. The van der Waals surface area contributed by atoms with E-state index < -0.39 is 6.04 Å². The Morgan fingerprint density at radius 2 is 2.00 bits per heavy atom. The average molecular weight is 449 g/mol. The van der Waals surface area contributed by atoms with Crippen molar-refractivity contribution in [1.82, 2.24) is 15.5 Å². The van der Waals surface area contributed by atoms with Gasteiger partial charge in [-0.2, -0.15) is 5.26 Å². The van der Waals surface area contributed by atoms with E-state index >= 15 is 0 Å². The van der Waals surface area contributed by atoms with Gasteiger partial charge in [-0.1, -0.05) is 25.0 Å². The van der Waals surface area contributed by atoms with E-state index in [1.54, 1.807) is 4.90 Å². The van der Waals surface area contributed by atoms with Crippen molar-refractivity contribution in [3.05, 3.63) is 34.9 Å². The monoisotopic (exact) mass is 448 g/mol. The topological polar surface area (TPSA) is 102 Å². The highest BCUT2D eigenvalue weighted by Gasteiger charge is 2.49. The van der Waals surface area contributed by atoms with Crippen molar-refractivity contribution in [2.45, 2.75) is 89.4 Å². The zero-order chi connectivity index (χ0) is 23.2. The van der Waals surface area contributed by atoms with Crippen LogP contribution < -0.4 is 10.6 Å². The number of rotatable bonds is 6. The number of carbonyl (C=O) groups excluding carboxylic acids is 3. The summed E-state index contributed by atoms with van der Waals surface area (Å²) in [6, 6.07) is 8.67. The third kappa shape index (κ3) is 4.17. The molecule has 2 aliphatic carbocycles. The van der Waals surface area contributed by atoms with Crippen LogP contribution in [-0.2, 0) is 22.6 Å². The van der Waals surface area contributed by atoms with Gasteiger partial charge in [0, 0.05) is 30.6 Å². The third-order valence-corrected chi connectivity index (χ3v) is 8.30. The van der Waals surface area contributed by atoms with Crippen molar-refractivity contribution >= 4 is 17.7 Å². The maximum Gasteiger partial charge on any atom is 0.255 e. The quantitative estimate of drug-likeness (QED) is 0.652. The molecule has 3 amide bonds. The summed E-state index contributed by atoms with van der Waals surface area (Å²) in [4.78, 5) is 38.3. The molecule has 4 atom stereocenters. The number of nitrogens with one attached hydrogen (secondary N) is 2. The summed E-state index contributed by atoms with van der Waals surface area (Å²) >= 11 is 0. The first-order chi connectivity index (χ1) is 15.9. The summed E-state index contributed by atoms with van der Waals surface area (Å²) in [6.45, 7) is 2.58. The summed E-state index contributed by atoms with van der Waals surface area (Å²) in [7, 11) is 0. The number of nitrogens with zero attached hydrogens (tertiary/aromatic N) is 2. The van der Waals surface area contributed by atoms with Gasteiger partial charge in [0.15, 0.2) is 0 Å². The lowest BCUT2D eigenvalue weighted by Gasteiger charge is -2.36. The van der Waals surface area contributed by atoms with Gasteiger partial charge in [0.1, 0.15) is 6.04 Å². The van der Waals surface area contributed by atoms with Crippen molar-refractivity contribution in [2.24, 2.45) is 11.3 Å². The molecular formula is C26H32N4O3. The second kappa shape index (κ2) is 8.57. The number of imide groups is 1. The molecular weight excluding hydrogens is 416 g/mol. The second-order valence-electron chi connectivity index (χ2n) is 10.4. The molecule has 2 heterocycles. The van der Waals surface area contributed by atoms with Crippen molar-refractivity contribution in [3.8, 4) is 6.07 Å². The van der Waals surface area contributed by atoms with Crippen LogP contribution in [0.5, 0.6) is 0 Å². The molecule has 3 fully saturated rings. The van der Waals surface area contributed by atoms with E-state index in [2.05, 4.69) is 35.8 Å². The first-order valence-corrected chi connectivity index (χ1v) is 12.3. The van der Waals surface area contributed by atoms with Gasteiger partial charge >= 0.3 is 0 Å². The largest absolute Gasteiger partial charge is 0.322 e. The maximum atomic E-state index is 13.0. The molecule has 0 spiro atoms. The summed E-state index contributed by atoms with van der Waals surface area (Å²) in [5, 5.41) is 15.7. The fourth-order valence-corrected chi connectivity index (χ4v) is 5.99. The first kappa shape index (κ1) is 22.1. The van der Waals surface area contributed by atoms with Gasteiger partial charge in [-0.15, -0.1) is 0 Å². The summed E-state index contributed by atoms with van der Waals surface area (Å²) in [5.74, 6) is -0.251. The smallest absolute Gasteiger partial charge is 0.255 e. The fourth-order valence-electron chi connectivity index (χ4n) is 5.99. The average Bonchev–Trinajstić information content (AvgIpc) is 3.54. The van der Waals surface area contributed by atoms with E-state index in [1.165, 1.54) is 24.8 Å². The van der Waals surface area contributed by atoms with Crippen molar-refractivity contribution in [2.75, 3.05) is 0 Å². The summed E-state index contributed by atoms with van der Waals surface area (Å²) < 4.78 is 0. The van der Waals surface area contributed by atoms with Gasteiger partial charge in [-0.05, 0) is 68.6 Å². The predicted molar refractivity (Wildman–Crippen MR) is 122 cm³/mol. The van der Waals surface area contributed by atoms with Crippen LogP contribution >= 0.6 is 0 Å². The molecule has 174 valence electrons. The number of carbonyl (C=O) groups is 3. The lowest BCUT2D eigenvalue weighted by atomic mass is 9.79. The van der Waals surface area contributed by atoms with Crippen LogP contribution in [0.1, 0.15) is 79.8 Å². The Labute approximate surface area is 194 Å². The van der Waals surface area contributed by atoms with E-state index in [9.17, 15) is 19.6 Å². The SMILES string of the molecule is CC(N[C@H]1CCCC[C@@H]1Cc1ccc2c(c1)CN(C1CCC(=O)NC1=O)C2=O)C1(C#N)CC1. The van der Waals surface area contributed by atoms with Gasteiger partial charge in [0.25, 0.3) is 5.91 Å². The van der Waals surface area contributed by atoms with Crippen LogP contribution in [0.4, 0.5) is 0 Å². The molecule has 4 aliphatic rings. The highest BCUT2D eigenvalue weighted by molar-refractivity contribution is 6.05. The lowest BCUT2D eigenvalue weighted by molar-refractivity contribution is -0.136. The number of nitriles is 1. The fraction of sp³-hybridized carbons (Fsp3) is 0.615. The normalized spacial score (nSPS) is 29.3. The Hall–Kier alpha value is -2.72. The Morgan fingerprint density at radius 1 is 1.21 bits per heavy atom. The molecule has 33 heavy (non-hydrogen) atoms. The Kier molecular flexibility index (Phi) is 5.74. The molecule has 0 aromatic heterocycles. The molecule has 2 saturated carbocycles. The van der Waals surface area contributed by atoms with E-state index in [1.807, 2.05) is 6.07 Å². The zero-order valence-electron chi connectivity index (χ0n) is 19.2. The van der Waals surface area contributed by atoms with Gasteiger partial charge in [-0.25, -0.2) is 0 Å². The highest BCUT2D eigenvalue weighted by Crippen LogP contribution is 2.48. The van der Waals surface area contributed by atoms with E-state index in [4.69, 9.17) is 0 Å². The molecule has 1 aromatic carbocycles. The van der Waals surface area contributed by atoms with Crippen LogP contribution in [0.15, 0.2) is 18.2 Å². The molecule has 2 N–H and O–H groups in total. The van der Waals surface area contributed by atoms with Crippen molar-refractivity contribution < 1.29 is 14.4 Å². The number of amides is 3. The molecule has 7 heteroatoms. The Balaban J connectivity index is 1.27. The standard InChI is InChI=1S/C26H32N4O3/c1-16(26(15-27)10-11-26)28-21-5-3-2-4-18(21)12-17-6-7-20-19(13-17)14-30(25(20)33)22-8-9-23(31)29-24(22)32/h6-7,13,16,18,21-22,28H,2-5,8-12,14H2,1H3,(H,29,31,32)/t16?,18-,21+,22?/m1/s1. The minimum absolute atomic E-state index is 0.122. The van der Waals surface area contributed by atoms with Crippen LogP contribution in [0.25, 0.3) is 0 Å². The number of fused-ring (bicyclic) bond motifs is 1. The molecule has 2 unspecified atom stereocenters. The molecule has 7 nitrogen and oxygen atoms in total. The van der Waals surface area contributed by atoms with E-state index in [0.717, 1.165) is 31.2 Å². The Bertz CT molecular complexity index is 1020. The number of benzene rings is 1. The van der Waals surface area contributed by atoms with Crippen LogP contribution in [0.2, 0.25) is 0 Å². The lowest BCUT2D eigenvalue weighted by Crippen LogP contribution is -2.52. The number of hydrogen-bond donors (Lipinski definition) is 2. The molecule has 1 saturated heterocycles. The Morgan fingerprint density at radius 3 is 2.73 bits per heavy atom. The predicted octanol–water partition coefficient (Wildman–Crippen LogP) is 2.83. The van der Waals surface area contributed by atoms with Gasteiger partial charge < -0.3 is 10.2 Å². The minimum atomic E-state index is -0.575. The van der Waals surface area contributed by atoms with Crippen LogP contribution in [0.3, 0.4) is 0 Å². The first-order valence-electron chi connectivity index (χ1n) is 12.3. The van der Waals surface area contributed by atoms with Crippen molar-refractivity contribution in [3.63, 3.8) is 0 Å². The maximum absolute atomic E-state index is 13.0. The van der Waals surface area contributed by atoms with Gasteiger partial charge in [-0.3, -0.25) is 19.7 Å². The van der Waals surface area contributed by atoms with E-state index in [-0.39, 0.29) is 35.6 Å². The molecule has 0 bridgehead atoms. The van der Waals surface area contributed by atoms with Crippen LogP contribution in [0, 0.1) is 22.7 Å². The van der Waals surface area contributed by atoms with E-state index in [0.29, 0.717) is 30.5 Å². The molecule has 5 rings (SSSR count). The highest BCUT2D eigenvalue weighted by atomic mass is 16.2. The molecule has 2 aliphatic heterocycles. The second-order valence-corrected chi connectivity index (χ2v) is 10.4. The van der Waals surface area contributed by atoms with Crippen LogP contribution in [-0.4, -0.2) is 40.7 Å². The number of hydrogen-bond acceptors (Lipinski definition) is 5. The molecule has 0 radical (unpaired) electrons. The number of piperidine rings is 1. The minimum Gasteiger partial charge on any atom is -0.322 e.